The average Bonchev–Trinajstić information content (AvgIpc) is 2.27. The fourth-order valence-electron chi connectivity index (χ4n) is 1.52. The lowest BCUT2D eigenvalue weighted by atomic mass is 10.1. The largest absolute Gasteiger partial charge is 0.352 e. The molecule has 1 atom stereocenters. The van der Waals surface area contributed by atoms with Gasteiger partial charge in [0.15, 0.2) is 0 Å². The molecule has 2 nitrogen and oxygen atoms in total. The third-order valence-corrected chi connectivity index (χ3v) is 2.48. The van der Waals surface area contributed by atoms with E-state index in [4.69, 9.17) is 0 Å². The molecule has 0 heterocycles. The van der Waals surface area contributed by atoms with Gasteiger partial charge in [-0.3, -0.25) is 4.79 Å². The van der Waals surface area contributed by atoms with Crippen molar-refractivity contribution in [2.45, 2.75) is 33.2 Å². The Morgan fingerprint density at radius 1 is 1.33 bits per heavy atom. The Balaban J connectivity index is 2.34. The second kappa shape index (κ2) is 6.23. The van der Waals surface area contributed by atoms with Crippen LogP contribution < -0.4 is 5.32 Å². The van der Waals surface area contributed by atoms with E-state index in [9.17, 15) is 4.79 Å². The van der Waals surface area contributed by atoms with Gasteiger partial charge in [0.1, 0.15) is 0 Å². The van der Waals surface area contributed by atoms with E-state index in [1.165, 1.54) is 0 Å². The Hall–Kier alpha value is -1.31. The second-order valence-corrected chi connectivity index (χ2v) is 3.89. The van der Waals surface area contributed by atoms with Crippen LogP contribution in [0.2, 0.25) is 0 Å². The molecular formula is C13H19NO. The van der Waals surface area contributed by atoms with Gasteiger partial charge in [0.05, 0.1) is 0 Å². The van der Waals surface area contributed by atoms with Crippen molar-refractivity contribution in [3.8, 4) is 0 Å². The van der Waals surface area contributed by atoms with E-state index >= 15 is 0 Å². The number of amides is 1. The molecule has 0 bridgehead atoms. The second-order valence-electron chi connectivity index (χ2n) is 3.89. The van der Waals surface area contributed by atoms with Gasteiger partial charge in [-0.2, -0.15) is 0 Å². The van der Waals surface area contributed by atoms with Crippen molar-refractivity contribution in [2.24, 2.45) is 5.92 Å². The van der Waals surface area contributed by atoms with E-state index < -0.39 is 0 Å². The van der Waals surface area contributed by atoms with Gasteiger partial charge in [-0.15, -0.1) is 0 Å². The van der Waals surface area contributed by atoms with Crippen molar-refractivity contribution < 1.29 is 4.79 Å². The molecular weight excluding hydrogens is 186 g/mol. The third-order valence-electron chi connectivity index (χ3n) is 2.48. The van der Waals surface area contributed by atoms with E-state index in [0.29, 0.717) is 6.54 Å². The molecule has 1 aromatic rings. The van der Waals surface area contributed by atoms with Crippen LogP contribution in [0.25, 0.3) is 0 Å². The molecule has 0 saturated carbocycles. The predicted molar refractivity (Wildman–Crippen MR) is 62.4 cm³/mol. The van der Waals surface area contributed by atoms with E-state index in [1.807, 2.05) is 37.3 Å². The van der Waals surface area contributed by atoms with E-state index in [2.05, 4.69) is 12.2 Å². The zero-order chi connectivity index (χ0) is 11.1. The summed E-state index contributed by atoms with van der Waals surface area (Å²) >= 11 is 0. The van der Waals surface area contributed by atoms with Gasteiger partial charge >= 0.3 is 0 Å². The third kappa shape index (κ3) is 4.15. The van der Waals surface area contributed by atoms with Crippen LogP contribution in [0.5, 0.6) is 0 Å². The fourth-order valence-corrected chi connectivity index (χ4v) is 1.52. The maximum absolute atomic E-state index is 11.6. The number of benzene rings is 1. The number of nitrogens with one attached hydrogen (secondary N) is 1. The molecule has 0 aliphatic rings. The molecule has 1 amide bonds. The van der Waals surface area contributed by atoms with Crippen LogP contribution in [-0.4, -0.2) is 5.91 Å². The molecule has 1 aromatic carbocycles. The monoisotopic (exact) mass is 205 g/mol. The number of hydrogen-bond acceptors (Lipinski definition) is 1. The van der Waals surface area contributed by atoms with Gasteiger partial charge in [-0.25, -0.2) is 0 Å². The zero-order valence-electron chi connectivity index (χ0n) is 9.49. The van der Waals surface area contributed by atoms with Crippen molar-refractivity contribution in [1.82, 2.24) is 5.32 Å². The Kier molecular flexibility index (Phi) is 4.88. The van der Waals surface area contributed by atoms with E-state index in [-0.39, 0.29) is 11.8 Å². The Morgan fingerprint density at radius 2 is 2.00 bits per heavy atom. The van der Waals surface area contributed by atoms with Gasteiger partial charge in [0, 0.05) is 12.5 Å². The van der Waals surface area contributed by atoms with Gasteiger partial charge in [0.2, 0.25) is 5.91 Å². The van der Waals surface area contributed by atoms with Crippen LogP contribution >= 0.6 is 0 Å². The molecule has 0 fully saturated rings. The lowest BCUT2D eigenvalue weighted by Gasteiger charge is -2.10. The minimum absolute atomic E-state index is 0.124. The molecule has 1 unspecified atom stereocenters. The summed E-state index contributed by atoms with van der Waals surface area (Å²) in [7, 11) is 0. The average molecular weight is 205 g/mol. The maximum atomic E-state index is 11.6. The number of hydrogen-bond donors (Lipinski definition) is 1. The van der Waals surface area contributed by atoms with Crippen molar-refractivity contribution in [3.63, 3.8) is 0 Å². The zero-order valence-corrected chi connectivity index (χ0v) is 9.49. The quantitative estimate of drug-likeness (QED) is 0.786. The first-order valence-electron chi connectivity index (χ1n) is 5.55. The first-order chi connectivity index (χ1) is 7.24. The summed E-state index contributed by atoms with van der Waals surface area (Å²) in [5.74, 6) is 0.277. The van der Waals surface area contributed by atoms with Crippen LogP contribution in [0.1, 0.15) is 32.3 Å². The SMILES string of the molecule is CCCC(C)C(=O)NCc1ccccc1. The summed E-state index contributed by atoms with van der Waals surface area (Å²) in [6.45, 7) is 4.71. The van der Waals surface area contributed by atoms with Crippen LogP contribution in [0.15, 0.2) is 30.3 Å². The summed E-state index contributed by atoms with van der Waals surface area (Å²) in [5, 5.41) is 2.94. The lowest BCUT2D eigenvalue weighted by Crippen LogP contribution is -2.28. The summed E-state index contributed by atoms with van der Waals surface area (Å²) in [4.78, 5) is 11.6. The molecule has 1 N–H and O–H groups in total. The number of carbonyl (C=O) groups is 1. The highest BCUT2D eigenvalue weighted by Gasteiger charge is 2.10. The highest BCUT2D eigenvalue weighted by Crippen LogP contribution is 2.05. The Morgan fingerprint density at radius 3 is 2.60 bits per heavy atom. The first kappa shape index (κ1) is 11.8. The summed E-state index contributed by atoms with van der Waals surface area (Å²) in [5.41, 5.74) is 1.15. The lowest BCUT2D eigenvalue weighted by molar-refractivity contribution is -0.124. The smallest absolute Gasteiger partial charge is 0.223 e. The summed E-state index contributed by atoms with van der Waals surface area (Å²) in [6.07, 6.45) is 2.01. The van der Waals surface area contributed by atoms with E-state index in [0.717, 1.165) is 18.4 Å². The molecule has 2 heteroatoms. The van der Waals surface area contributed by atoms with Gasteiger partial charge in [-0.05, 0) is 12.0 Å². The number of carbonyl (C=O) groups excluding carboxylic acids is 1. The van der Waals surface area contributed by atoms with Crippen molar-refractivity contribution in [2.75, 3.05) is 0 Å². The molecule has 0 radical (unpaired) electrons. The molecule has 0 spiro atoms. The van der Waals surface area contributed by atoms with Crippen LogP contribution in [0.4, 0.5) is 0 Å². The summed E-state index contributed by atoms with van der Waals surface area (Å²) < 4.78 is 0. The first-order valence-corrected chi connectivity index (χ1v) is 5.55. The molecule has 82 valence electrons. The minimum atomic E-state index is 0.124. The fraction of sp³-hybridized carbons (Fsp3) is 0.462. The molecule has 0 aliphatic carbocycles. The molecule has 0 saturated heterocycles. The minimum Gasteiger partial charge on any atom is -0.352 e. The van der Waals surface area contributed by atoms with Gasteiger partial charge in [0.25, 0.3) is 0 Å². The maximum Gasteiger partial charge on any atom is 0.223 e. The molecule has 1 rings (SSSR count). The van der Waals surface area contributed by atoms with Crippen molar-refractivity contribution >= 4 is 5.91 Å². The molecule has 0 aliphatic heterocycles. The van der Waals surface area contributed by atoms with Crippen LogP contribution in [0.3, 0.4) is 0 Å². The topological polar surface area (TPSA) is 29.1 Å². The molecule has 15 heavy (non-hydrogen) atoms. The molecule has 0 aromatic heterocycles. The summed E-state index contributed by atoms with van der Waals surface area (Å²) in [6, 6.07) is 9.98. The highest BCUT2D eigenvalue weighted by atomic mass is 16.1. The van der Waals surface area contributed by atoms with Crippen LogP contribution in [0, 0.1) is 5.92 Å². The van der Waals surface area contributed by atoms with Gasteiger partial charge < -0.3 is 5.32 Å². The van der Waals surface area contributed by atoms with Crippen molar-refractivity contribution in [3.05, 3.63) is 35.9 Å². The standard InChI is InChI=1S/C13H19NO/c1-3-7-11(2)13(15)14-10-12-8-5-4-6-9-12/h4-6,8-9,11H,3,7,10H2,1-2H3,(H,14,15). The van der Waals surface area contributed by atoms with Crippen molar-refractivity contribution in [1.29, 1.82) is 0 Å². The highest BCUT2D eigenvalue weighted by molar-refractivity contribution is 5.78. The van der Waals surface area contributed by atoms with E-state index in [1.54, 1.807) is 0 Å². The van der Waals surface area contributed by atoms with Gasteiger partial charge in [-0.1, -0.05) is 50.6 Å². The Labute approximate surface area is 91.7 Å². The predicted octanol–water partition coefficient (Wildman–Crippen LogP) is 2.74. The number of rotatable bonds is 5. The Bertz CT molecular complexity index is 295. The normalized spacial score (nSPS) is 12.1. The van der Waals surface area contributed by atoms with Crippen LogP contribution in [-0.2, 0) is 11.3 Å².